The van der Waals surface area contributed by atoms with Crippen LogP contribution >= 0.6 is 0 Å². The van der Waals surface area contributed by atoms with Crippen LogP contribution in [0, 0.1) is 0 Å². The molecular formula is C13H15N5O. The molecule has 1 N–H and O–H groups in total. The fourth-order valence-electron chi connectivity index (χ4n) is 2.03. The van der Waals surface area contributed by atoms with Crippen LogP contribution in [0.25, 0.3) is 21.3 Å². The van der Waals surface area contributed by atoms with Gasteiger partial charge in [-0.05, 0) is 36.2 Å². The fourth-order valence-corrected chi connectivity index (χ4v) is 2.03. The van der Waals surface area contributed by atoms with E-state index in [2.05, 4.69) is 19.9 Å². The molecule has 0 aliphatic carbocycles. The van der Waals surface area contributed by atoms with E-state index >= 15 is 0 Å². The zero-order valence-electron chi connectivity index (χ0n) is 10.7. The van der Waals surface area contributed by atoms with E-state index in [1.54, 1.807) is 0 Å². The minimum atomic E-state index is -0.0758. The van der Waals surface area contributed by atoms with Crippen LogP contribution in [0.2, 0.25) is 0 Å². The van der Waals surface area contributed by atoms with Gasteiger partial charge in [-0.25, -0.2) is 0 Å². The molecule has 1 heterocycles. The van der Waals surface area contributed by atoms with Crippen molar-refractivity contribution in [1.29, 1.82) is 0 Å². The number of hydrogen-bond donors (Lipinski definition) is 1. The Hall–Kier alpha value is -2.46. The van der Waals surface area contributed by atoms with Crippen molar-refractivity contribution in [3.05, 3.63) is 40.9 Å². The number of hydrogen-bond acceptors (Lipinski definition) is 2. The highest BCUT2D eigenvalue weighted by Gasteiger charge is 2.02. The maximum Gasteiger partial charge on any atom is 0.221 e. The molecule has 0 fully saturated rings. The van der Waals surface area contributed by atoms with Gasteiger partial charge in [-0.1, -0.05) is 5.11 Å². The van der Waals surface area contributed by atoms with E-state index in [1.807, 2.05) is 30.5 Å². The molecule has 2 rings (SSSR count). The van der Waals surface area contributed by atoms with Gasteiger partial charge in [0.25, 0.3) is 0 Å². The third kappa shape index (κ3) is 3.26. The number of anilines is 1. The Kier molecular flexibility index (Phi) is 4.05. The Labute approximate surface area is 110 Å². The number of carbonyl (C=O) groups is 1. The van der Waals surface area contributed by atoms with Crippen LogP contribution in [0.1, 0.15) is 13.3 Å². The number of aromatic nitrogens is 1. The number of benzene rings is 1. The average Bonchev–Trinajstić information content (AvgIpc) is 2.76. The summed E-state index contributed by atoms with van der Waals surface area (Å²) in [5.74, 6) is -0.0758. The molecule has 0 unspecified atom stereocenters. The van der Waals surface area contributed by atoms with Crippen molar-refractivity contribution in [3.8, 4) is 0 Å². The van der Waals surface area contributed by atoms with E-state index in [1.165, 1.54) is 6.92 Å². The summed E-state index contributed by atoms with van der Waals surface area (Å²) in [6.07, 6.45) is 2.81. The molecule has 0 aliphatic heterocycles. The molecule has 1 aromatic heterocycles. The first-order chi connectivity index (χ1) is 9.20. The number of amides is 1. The lowest BCUT2D eigenvalue weighted by atomic mass is 10.2. The smallest absolute Gasteiger partial charge is 0.221 e. The van der Waals surface area contributed by atoms with E-state index in [9.17, 15) is 4.79 Å². The van der Waals surface area contributed by atoms with Crippen molar-refractivity contribution in [2.75, 3.05) is 11.9 Å². The predicted molar refractivity (Wildman–Crippen MR) is 74.9 cm³/mol. The van der Waals surface area contributed by atoms with Gasteiger partial charge in [0.1, 0.15) is 0 Å². The van der Waals surface area contributed by atoms with Gasteiger partial charge < -0.3 is 9.88 Å². The van der Waals surface area contributed by atoms with Gasteiger partial charge in [-0.3, -0.25) is 4.79 Å². The van der Waals surface area contributed by atoms with Gasteiger partial charge >= 0.3 is 0 Å². The number of nitrogens with one attached hydrogen (secondary N) is 1. The van der Waals surface area contributed by atoms with Crippen molar-refractivity contribution in [3.63, 3.8) is 0 Å². The summed E-state index contributed by atoms with van der Waals surface area (Å²) in [5.41, 5.74) is 10.1. The van der Waals surface area contributed by atoms with Gasteiger partial charge in [0.15, 0.2) is 0 Å². The van der Waals surface area contributed by atoms with Crippen molar-refractivity contribution >= 4 is 22.5 Å². The van der Waals surface area contributed by atoms with Crippen molar-refractivity contribution in [2.24, 2.45) is 5.11 Å². The zero-order valence-corrected chi connectivity index (χ0v) is 10.7. The summed E-state index contributed by atoms with van der Waals surface area (Å²) in [4.78, 5) is 13.7. The Balaban J connectivity index is 2.14. The molecule has 0 saturated heterocycles. The average molecular weight is 257 g/mol. The van der Waals surface area contributed by atoms with E-state index < -0.39 is 0 Å². The van der Waals surface area contributed by atoms with Gasteiger partial charge in [-0.2, -0.15) is 0 Å². The molecule has 98 valence electrons. The quantitative estimate of drug-likeness (QED) is 0.379. The van der Waals surface area contributed by atoms with Crippen LogP contribution in [-0.2, 0) is 11.3 Å². The normalized spacial score (nSPS) is 10.2. The highest BCUT2D eigenvalue weighted by atomic mass is 16.1. The molecule has 2 aromatic rings. The summed E-state index contributed by atoms with van der Waals surface area (Å²) in [7, 11) is 0. The maximum absolute atomic E-state index is 11.0. The molecule has 0 saturated carbocycles. The van der Waals surface area contributed by atoms with E-state index in [0.717, 1.165) is 29.6 Å². The first-order valence-corrected chi connectivity index (χ1v) is 6.08. The van der Waals surface area contributed by atoms with Crippen LogP contribution in [0.15, 0.2) is 35.6 Å². The molecule has 0 atom stereocenters. The second-order valence-electron chi connectivity index (χ2n) is 4.27. The lowest BCUT2D eigenvalue weighted by Gasteiger charge is -2.05. The number of nitrogens with zero attached hydrogens (tertiary/aromatic N) is 4. The zero-order chi connectivity index (χ0) is 13.7. The highest BCUT2D eigenvalue weighted by molar-refractivity contribution is 5.92. The maximum atomic E-state index is 11.0. The van der Waals surface area contributed by atoms with Gasteiger partial charge in [0.05, 0.1) is 0 Å². The lowest BCUT2D eigenvalue weighted by Crippen LogP contribution is -2.05. The third-order valence-corrected chi connectivity index (χ3v) is 2.81. The van der Waals surface area contributed by atoms with Crippen LogP contribution in [0.5, 0.6) is 0 Å². The standard InChI is InChI=1S/C13H15N5O/c1-10(19)16-12-3-4-13-11(9-12)5-8-18(13)7-2-6-15-17-14/h3-5,8-9H,2,6-7H2,1H3,(H,16,19). The van der Waals surface area contributed by atoms with Gasteiger partial charge in [-0.15, -0.1) is 0 Å². The summed E-state index contributed by atoms with van der Waals surface area (Å²) in [5, 5.41) is 7.36. The summed E-state index contributed by atoms with van der Waals surface area (Å²) >= 11 is 0. The summed E-state index contributed by atoms with van der Waals surface area (Å²) in [6.45, 7) is 2.80. The van der Waals surface area contributed by atoms with Crippen LogP contribution in [0.4, 0.5) is 5.69 Å². The number of azide groups is 1. The molecule has 1 aromatic carbocycles. The number of carbonyl (C=O) groups excluding carboxylic acids is 1. The fraction of sp³-hybridized carbons (Fsp3) is 0.308. The molecule has 6 nitrogen and oxygen atoms in total. The minimum Gasteiger partial charge on any atom is -0.347 e. The lowest BCUT2D eigenvalue weighted by molar-refractivity contribution is -0.114. The predicted octanol–water partition coefficient (Wildman–Crippen LogP) is 3.30. The van der Waals surface area contributed by atoms with Crippen LogP contribution < -0.4 is 5.32 Å². The molecule has 0 spiro atoms. The topological polar surface area (TPSA) is 82.8 Å². The SMILES string of the molecule is CC(=O)Nc1ccc2c(ccn2CCCN=[N+]=[N-])c1. The summed E-state index contributed by atoms with van der Waals surface area (Å²) < 4.78 is 2.11. The van der Waals surface area contributed by atoms with Crippen molar-refractivity contribution < 1.29 is 4.79 Å². The van der Waals surface area contributed by atoms with Crippen LogP contribution in [-0.4, -0.2) is 17.0 Å². The number of rotatable bonds is 5. The van der Waals surface area contributed by atoms with Gasteiger partial charge in [0.2, 0.25) is 5.91 Å². The monoisotopic (exact) mass is 257 g/mol. The van der Waals surface area contributed by atoms with Gasteiger partial charge in [0, 0.05) is 47.7 Å². The highest BCUT2D eigenvalue weighted by Crippen LogP contribution is 2.20. The second kappa shape index (κ2) is 5.93. The van der Waals surface area contributed by atoms with Crippen molar-refractivity contribution in [1.82, 2.24) is 4.57 Å². The first kappa shape index (κ1) is 13.0. The number of fused-ring (bicyclic) bond motifs is 1. The largest absolute Gasteiger partial charge is 0.347 e. The molecule has 0 radical (unpaired) electrons. The van der Waals surface area contributed by atoms with Crippen LogP contribution in [0.3, 0.4) is 0 Å². The number of aryl methyl sites for hydroxylation is 1. The Morgan fingerprint density at radius 1 is 1.47 bits per heavy atom. The summed E-state index contributed by atoms with van der Waals surface area (Å²) in [6, 6.07) is 7.82. The van der Waals surface area contributed by atoms with E-state index in [0.29, 0.717) is 6.54 Å². The van der Waals surface area contributed by atoms with E-state index in [-0.39, 0.29) is 5.91 Å². The third-order valence-electron chi connectivity index (χ3n) is 2.81. The second-order valence-corrected chi connectivity index (χ2v) is 4.27. The molecule has 0 bridgehead atoms. The van der Waals surface area contributed by atoms with E-state index in [4.69, 9.17) is 5.53 Å². The molecule has 1 amide bonds. The molecule has 0 aliphatic rings. The molecular weight excluding hydrogens is 242 g/mol. The Morgan fingerprint density at radius 2 is 2.32 bits per heavy atom. The minimum absolute atomic E-state index is 0.0758. The first-order valence-electron chi connectivity index (χ1n) is 6.08. The Bertz CT molecular complexity index is 640. The Morgan fingerprint density at radius 3 is 3.05 bits per heavy atom. The molecule has 19 heavy (non-hydrogen) atoms. The van der Waals surface area contributed by atoms with Crippen molar-refractivity contribution in [2.45, 2.75) is 19.9 Å². The molecule has 6 heteroatoms.